The van der Waals surface area contributed by atoms with Crippen LogP contribution in [0.1, 0.15) is 26.2 Å². The molecule has 1 atom stereocenters. The minimum Gasteiger partial charge on any atom is -0.480 e. The molecule has 1 fully saturated rings. The average molecular weight is 281 g/mol. The second kappa shape index (κ2) is 6.34. The van der Waals surface area contributed by atoms with Gasteiger partial charge in [-0.3, -0.25) is 4.79 Å². The first-order valence-electron chi connectivity index (χ1n) is 6.57. The molecule has 19 heavy (non-hydrogen) atoms. The zero-order chi connectivity index (χ0) is 13.7. The normalized spacial score (nSPS) is 17.9. The van der Waals surface area contributed by atoms with Crippen molar-refractivity contribution in [1.82, 2.24) is 15.3 Å². The summed E-state index contributed by atoms with van der Waals surface area (Å²) in [5.41, 5.74) is -0.833. The minimum atomic E-state index is -0.833. The van der Waals surface area contributed by atoms with E-state index in [4.69, 9.17) is 0 Å². The van der Waals surface area contributed by atoms with Crippen LogP contribution >= 0.6 is 11.8 Å². The zero-order valence-corrected chi connectivity index (χ0v) is 11.8. The van der Waals surface area contributed by atoms with Gasteiger partial charge in [-0.2, -0.15) is 0 Å². The quantitative estimate of drug-likeness (QED) is 0.559. The minimum absolute atomic E-state index is 0.229. The summed E-state index contributed by atoms with van der Waals surface area (Å²) in [5, 5.41) is 13.5. The van der Waals surface area contributed by atoms with Crippen molar-refractivity contribution < 1.29 is 9.90 Å². The van der Waals surface area contributed by atoms with Gasteiger partial charge in [0.25, 0.3) is 0 Å². The summed E-state index contributed by atoms with van der Waals surface area (Å²) < 4.78 is 0. The Morgan fingerprint density at radius 3 is 2.74 bits per heavy atom. The van der Waals surface area contributed by atoms with Gasteiger partial charge in [-0.05, 0) is 37.8 Å². The highest BCUT2D eigenvalue weighted by Crippen LogP contribution is 2.42. The molecule has 6 heteroatoms. The van der Waals surface area contributed by atoms with E-state index in [0.29, 0.717) is 10.9 Å². The highest BCUT2D eigenvalue weighted by Gasteiger charge is 2.50. The zero-order valence-electron chi connectivity index (χ0n) is 11.0. The molecule has 0 radical (unpaired) electrons. The number of aromatic nitrogens is 2. The molecular formula is C13H19N3O2S. The third-order valence-electron chi connectivity index (χ3n) is 3.32. The molecule has 0 bridgehead atoms. The molecule has 0 saturated heterocycles. The van der Waals surface area contributed by atoms with E-state index < -0.39 is 11.5 Å². The Balaban J connectivity index is 2.06. The molecule has 0 spiro atoms. The van der Waals surface area contributed by atoms with Crippen LogP contribution in [0.5, 0.6) is 0 Å². The van der Waals surface area contributed by atoms with Gasteiger partial charge < -0.3 is 10.4 Å². The maximum absolute atomic E-state index is 11.7. The number of thioether (sulfide) groups is 1. The van der Waals surface area contributed by atoms with Crippen molar-refractivity contribution in [1.29, 1.82) is 0 Å². The SMILES string of the molecule is CCCNC(CSc1ncccn1)(C(=O)O)C1CC1. The van der Waals surface area contributed by atoms with Crippen LogP contribution in [-0.2, 0) is 4.79 Å². The molecule has 1 aromatic heterocycles. The Labute approximate surface area is 117 Å². The molecular weight excluding hydrogens is 262 g/mol. The summed E-state index contributed by atoms with van der Waals surface area (Å²) >= 11 is 1.41. The predicted molar refractivity (Wildman–Crippen MR) is 74.1 cm³/mol. The van der Waals surface area contributed by atoms with Crippen molar-refractivity contribution in [3.8, 4) is 0 Å². The maximum atomic E-state index is 11.7. The average Bonchev–Trinajstić information content (AvgIpc) is 3.25. The smallest absolute Gasteiger partial charge is 0.325 e. The fourth-order valence-corrected chi connectivity index (χ4v) is 3.18. The largest absolute Gasteiger partial charge is 0.480 e. The Bertz CT molecular complexity index is 425. The van der Waals surface area contributed by atoms with E-state index in [2.05, 4.69) is 15.3 Å². The fourth-order valence-electron chi connectivity index (χ4n) is 2.09. The third kappa shape index (κ3) is 3.45. The van der Waals surface area contributed by atoms with Crippen LogP contribution in [0, 0.1) is 5.92 Å². The van der Waals surface area contributed by atoms with Crippen molar-refractivity contribution >= 4 is 17.7 Å². The molecule has 0 aromatic carbocycles. The van der Waals surface area contributed by atoms with E-state index in [1.54, 1.807) is 18.5 Å². The van der Waals surface area contributed by atoms with Crippen LogP contribution in [0.2, 0.25) is 0 Å². The molecule has 0 amide bonds. The summed E-state index contributed by atoms with van der Waals surface area (Å²) in [6.45, 7) is 2.76. The highest BCUT2D eigenvalue weighted by atomic mass is 32.2. The van der Waals surface area contributed by atoms with Crippen molar-refractivity contribution in [3.05, 3.63) is 18.5 Å². The lowest BCUT2D eigenvalue weighted by atomic mass is 9.95. The monoisotopic (exact) mass is 281 g/mol. The van der Waals surface area contributed by atoms with Crippen LogP contribution in [0.4, 0.5) is 0 Å². The Kier molecular flexibility index (Phi) is 4.76. The lowest BCUT2D eigenvalue weighted by molar-refractivity contribution is -0.144. The molecule has 104 valence electrons. The van der Waals surface area contributed by atoms with E-state index >= 15 is 0 Å². The first kappa shape index (κ1) is 14.3. The van der Waals surface area contributed by atoms with E-state index in [1.807, 2.05) is 6.92 Å². The summed E-state index contributed by atoms with van der Waals surface area (Å²) in [7, 11) is 0. The number of hydrogen-bond acceptors (Lipinski definition) is 5. The van der Waals surface area contributed by atoms with E-state index in [0.717, 1.165) is 25.8 Å². The van der Waals surface area contributed by atoms with Crippen LogP contribution < -0.4 is 5.32 Å². The van der Waals surface area contributed by atoms with Gasteiger partial charge in [-0.25, -0.2) is 9.97 Å². The standard InChI is InChI=1S/C13H19N3O2S/c1-2-6-16-13(11(17)18,10-4-5-10)9-19-12-14-7-3-8-15-12/h3,7-8,10,16H,2,4-6,9H2,1H3,(H,17,18). The Morgan fingerprint density at radius 2 is 2.21 bits per heavy atom. The van der Waals surface area contributed by atoms with Gasteiger partial charge in [0.05, 0.1) is 0 Å². The van der Waals surface area contributed by atoms with Crippen molar-refractivity contribution in [3.63, 3.8) is 0 Å². The summed E-state index contributed by atoms with van der Waals surface area (Å²) in [5.74, 6) is -0.0588. The second-order valence-corrected chi connectivity index (χ2v) is 5.74. The highest BCUT2D eigenvalue weighted by molar-refractivity contribution is 7.99. The van der Waals surface area contributed by atoms with Crippen LogP contribution in [0.25, 0.3) is 0 Å². The lowest BCUT2D eigenvalue weighted by Gasteiger charge is -2.30. The molecule has 1 aromatic rings. The predicted octanol–water partition coefficient (Wildman–Crippen LogP) is 1.80. The van der Waals surface area contributed by atoms with Crippen LogP contribution in [0.15, 0.2) is 23.6 Å². The van der Waals surface area contributed by atoms with Gasteiger partial charge in [0.15, 0.2) is 5.16 Å². The van der Waals surface area contributed by atoms with Gasteiger partial charge in [0, 0.05) is 18.1 Å². The molecule has 1 aliphatic carbocycles. The first-order chi connectivity index (χ1) is 9.19. The number of nitrogens with one attached hydrogen (secondary N) is 1. The number of carbonyl (C=O) groups is 1. The lowest BCUT2D eigenvalue weighted by Crippen LogP contribution is -2.56. The van der Waals surface area contributed by atoms with E-state index in [1.165, 1.54) is 11.8 Å². The number of carboxylic acids is 1. The fraction of sp³-hybridized carbons (Fsp3) is 0.615. The Morgan fingerprint density at radius 1 is 1.53 bits per heavy atom. The first-order valence-corrected chi connectivity index (χ1v) is 7.56. The summed E-state index contributed by atoms with van der Waals surface area (Å²) in [6.07, 6.45) is 6.25. The van der Waals surface area contributed by atoms with Gasteiger partial charge in [0.2, 0.25) is 0 Å². The molecule has 1 aliphatic rings. The topological polar surface area (TPSA) is 75.1 Å². The van der Waals surface area contributed by atoms with Crippen LogP contribution in [-0.4, -0.2) is 38.9 Å². The second-order valence-electron chi connectivity index (χ2n) is 4.80. The Hall–Kier alpha value is -1.14. The third-order valence-corrected chi connectivity index (χ3v) is 4.39. The van der Waals surface area contributed by atoms with Crippen molar-refractivity contribution in [2.24, 2.45) is 5.92 Å². The van der Waals surface area contributed by atoms with Gasteiger partial charge in [0.1, 0.15) is 5.54 Å². The number of nitrogens with zero attached hydrogens (tertiary/aromatic N) is 2. The molecule has 1 unspecified atom stereocenters. The molecule has 5 nitrogen and oxygen atoms in total. The summed E-state index contributed by atoms with van der Waals surface area (Å²) in [4.78, 5) is 20.0. The number of hydrogen-bond donors (Lipinski definition) is 2. The van der Waals surface area contributed by atoms with Crippen molar-refractivity contribution in [2.45, 2.75) is 36.9 Å². The molecule has 2 N–H and O–H groups in total. The van der Waals surface area contributed by atoms with Gasteiger partial charge in [-0.1, -0.05) is 18.7 Å². The van der Waals surface area contributed by atoms with E-state index in [-0.39, 0.29) is 5.92 Å². The molecule has 1 saturated carbocycles. The number of aliphatic carboxylic acids is 1. The van der Waals surface area contributed by atoms with Gasteiger partial charge in [-0.15, -0.1) is 0 Å². The summed E-state index contributed by atoms with van der Waals surface area (Å²) in [6, 6.07) is 1.75. The van der Waals surface area contributed by atoms with Crippen molar-refractivity contribution in [2.75, 3.05) is 12.3 Å². The van der Waals surface area contributed by atoms with Gasteiger partial charge >= 0.3 is 5.97 Å². The number of rotatable bonds is 8. The van der Waals surface area contributed by atoms with Crippen LogP contribution in [0.3, 0.4) is 0 Å². The number of carboxylic acid groups (broad SMARTS) is 1. The molecule has 1 heterocycles. The molecule has 0 aliphatic heterocycles. The maximum Gasteiger partial charge on any atom is 0.325 e. The van der Waals surface area contributed by atoms with E-state index in [9.17, 15) is 9.90 Å². The molecule has 2 rings (SSSR count).